The van der Waals surface area contributed by atoms with Crippen molar-refractivity contribution in [2.75, 3.05) is 26.4 Å². The van der Waals surface area contributed by atoms with Gasteiger partial charge in [-0.05, 0) is 19.3 Å². The lowest BCUT2D eigenvalue weighted by molar-refractivity contribution is -0.305. The van der Waals surface area contributed by atoms with E-state index in [4.69, 9.17) is 18.9 Å². The molecule has 5 atom stereocenters. The maximum absolute atomic E-state index is 10.6. The SMILES string of the molecule is CCCCOCC1O[C@@H](O)[C@@H](OCCCC)C(OCCCC)[C@H]1O. The molecule has 24 heavy (non-hydrogen) atoms. The van der Waals surface area contributed by atoms with Crippen LogP contribution in [-0.2, 0) is 18.9 Å². The summed E-state index contributed by atoms with van der Waals surface area (Å²) in [5.41, 5.74) is 0. The molecule has 1 aliphatic rings. The van der Waals surface area contributed by atoms with Gasteiger partial charge < -0.3 is 29.2 Å². The summed E-state index contributed by atoms with van der Waals surface area (Å²) in [6.07, 6.45) is 1.95. The zero-order chi connectivity index (χ0) is 17.8. The van der Waals surface area contributed by atoms with E-state index in [9.17, 15) is 10.2 Å². The minimum absolute atomic E-state index is 0.244. The minimum atomic E-state index is -1.11. The van der Waals surface area contributed by atoms with E-state index in [1.165, 1.54) is 0 Å². The molecule has 2 N–H and O–H groups in total. The van der Waals surface area contributed by atoms with Crippen LogP contribution < -0.4 is 0 Å². The second kappa shape index (κ2) is 13.0. The van der Waals surface area contributed by atoms with Gasteiger partial charge in [-0.15, -0.1) is 0 Å². The van der Waals surface area contributed by atoms with Crippen molar-refractivity contribution in [3.8, 4) is 0 Å². The van der Waals surface area contributed by atoms with Crippen LogP contribution in [0.5, 0.6) is 0 Å². The predicted octanol–water partition coefficient (Wildman–Crippen LogP) is 2.25. The van der Waals surface area contributed by atoms with Crippen LogP contribution in [0.25, 0.3) is 0 Å². The fourth-order valence-electron chi connectivity index (χ4n) is 2.59. The first-order valence-corrected chi connectivity index (χ1v) is 9.48. The van der Waals surface area contributed by atoms with Gasteiger partial charge in [-0.25, -0.2) is 0 Å². The average Bonchev–Trinajstić information content (AvgIpc) is 2.57. The molecular weight excluding hydrogens is 312 g/mol. The summed E-state index contributed by atoms with van der Waals surface area (Å²) >= 11 is 0. The molecule has 2 unspecified atom stereocenters. The molecular formula is C18H36O6. The summed E-state index contributed by atoms with van der Waals surface area (Å²) in [4.78, 5) is 0. The Labute approximate surface area is 146 Å². The topological polar surface area (TPSA) is 77.4 Å². The third-order valence-electron chi connectivity index (χ3n) is 4.18. The van der Waals surface area contributed by atoms with Crippen LogP contribution in [0, 0.1) is 0 Å². The Hall–Kier alpha value is -0.240. The minimum Gasteiger partial charge on any atom is -0.387 e. The molecule has 6 nitrogen and oxygen atoms in total. The zero-order valence-electron chi connectivity index (χ0n) is 15.5. The predicted molar refractivity (Wildman–Crippen MR) is 91.9 cm³/mol. The lowest BCUT2D eigenvalue weighted by Crippen LogP contribution is -2.60. The molecule has 1 heterocycles. The van der Waals surface area contributed by atoms with E-state index in [-0.39, 0.29) is 6.61 Å². The highest BCUT2D eigenvalue weighted by atomic mass is 16.7. The third-order valence-corrected chi connectivity index (χ3v) is 4.18. The maximum Gasteiger partial charge on any atom is 0.184 e. The van der Waals surface area contributed by atoms with Gasteiger partial charge in [-0.2, -0.15) is 0 Å². The Morgan fingerprint density at radius 3 is 1.92 bits per heavy atom. The van der Waals surface area contributed by atoms with Crippen LogP contribution in [-0.4, -0.2) is 67.3 Å². The van der Waals surface area contributed by atoms with Gasteiger partial charge in [0.25, 0.3) is 0 Å². The van der Waals surface area contributed by atoms with E-state index < -0.39 is 30.7 Å². The Bertz CT molecular complexity index is 301. The molecule has 6 heteroatoms. The molecule has 0 aromatic rings. The van der Waals surface area contributed by atoms with Crippen molar-refractivity contribution >= 4 is 0 Å². The molecule has 1 rings (SSSR count). The highest BCUT2D eigenvalue weighted by Crippen LogP contribution is 2.25. The first-order chi connectivity index (χ1) is 11.7. The van der Waals surface area contributed by atoms with Crippen LogP contribution in [0.15, 0.2) is 0 Å². The number of aliphatic hydroxyl groups excluding tert-OH is 2. The Morgan fingerprint density at radius 2 is 1.33 bits per heavy atom. The van der Waals surface area contributed by atoms with Crippen molar-refractivity contribution in [2.45, 2.75) is 90.0 Å². The van der Waals surface area contributed by atoms with Crippen LogP contribution >= 0.6 is 0 Å². The van der Waals surface area contributed by atoms with Crippen molar-refractivity contribution in [2.24, 2.45) is 0 Å². The van der Waals surface area contributed by atoms with Crippen molar-refractivity contribution in [1.82, 2.24) is 0 Å². The van der Waals surface area contributed by atoms with Gasteiger partial charge in [0, 0.05) is 19.8 Å². The third kappa shape index (κ3) is 7.33. The number of unbranched alkanes of at least 4 members (excludes halogenated alkanes) is 3. The summed E-state index contributed by atoms with van der Waals surface area (Å²) in [5, 5.41) is 20.9. The quantitative estimate of drug-likeness (QED) is 0.497. The molecule has 0 radical (unpaired) electrons. The number of hydrogen-bond acceptors (Lipinski definition) is 6. The number of hydrogen-bond donors (Lipinski definition) is 2. The average molecular weight is 348 g/mol. The molecule has 0 spiro atoms. The maximum atomic E-state index is 10.6. The second-order valence-corrected chi connectivity index (χ2v) is 6.36. The molecule has 144 valence electrons. The van der Waals surface area contributed by atoms with Crippen LogP contribution in [0.4, 0.5) is 0 Å². The lowest BCUT2D eigenvalue weighted by atomic mass is 9.98. The van der Waals surface area contributed by atoms with Gasteiger partial charge in [0.05, 0.1) is 6.61 Å². The van der Waals surface area contributed by atoms with Gasteiger partial charge in [0.2, 0.25) is 0 Å². The van der Waals surface area contributed by atoms with E-state index in [0.29, 0.717) is 19.8 Å². The van der Waals surface area contributed by atoms with Crippen molar-refractivity contribution in [1.29, 1.82) is 0 Å². The zero-order valence-corrected chi connectivity index (χ0v) is 15.5. The molecule has 0 bridgehead atoms. The summed E-state index contributed by atoms with van der Waals surface area (Å²) in [7, 11) is 0. The Morgan fingerprint density at radius 1 is 0.792 bits per heavy atom. The second-order valence-electron chi connectivity index (χ2n) is 6.36. The Balaban J connectivity index is 2.61. The standard InChI is InChI=1S/C18H36O6/c1-4-7-10-21-13-14-15(19)16(22-11-8-5-2)17(18(20)24-14)23-12-9-6-3/h14-20H,4-13H2,1-3H3/t14?,15-,16?,17-,18+/m0/s1. The van der Waals surface area contributed by atoms with Crippen molar-refractivity contribution < 1.29 is 29.2 Å². The molecule has 0 aromatic heterocycles. The summed E-state index contributed by atoms with van der Waals surface area (Å²) < 4.78 is 22.7. The smallest absolute Gasteiger partial charge is 0.184 e. The molecule has 1 saturated heterocycles. The van der Waals surface area contributed by atoms with Gasteiger partial charge in [0.1, 0.15) is 24.4 Å². The highest BCUT2D eigenvalue weighted by molar-refractivity contribution is 4.91. The van der Waals surface area contributed by atoms with Crippen molar-refractivity contribution in [3.05, 3.63) is 0 Å². The number of ether oxygens (including phenoxy) is 4. The molecule has 0 saturated carbocycles. The van der Waals surface area contributed by atoms with Gasteiger partial charge in [-0.3, -0.25) is 0 Å². The normalized spacial score (nSPS) is 30.6. The monoisotopic (exact) mass is 348 g/mol. The van der Waals surface area contributed by atoms with E-state index >= 15 is 0 Å². The first kappa shape index (κ1) is 21.8. The Kier molecular flexibility index (Phi) is 11.8. The summed E-state index contributed by atoms with van der Waals surface area (Å²) in [6.45, 7) is 8.16. The van der Waals surface area contributed by atoms with E-state index in [1.807, 2.05) is 0 Å². The van der Waals surface area contributed by atoms with Gasteiger partial charge >= 0.3 is 0 Å². The van der Waals surface area contributed by atoms with Gasteiger partial charge in [-0.1, -0.05) is 40.0 Å². The summed E-state index contributed by atoms with van der Waals surface area (Å²) in [5.74, 6) is 0. The van der Waals surface area contributed by atoms with Crippen molar-refractivity contribution in [3.63, 3.8) is 0 Å². The number of aliphatic hydroxyl groups is 2. The fourth-order valence-corrected chi connectivity index (χ4v) is 2.59. The molecule has 1 fully saturated rings. The van der Waals surface area contributed by atoms with Gasteiger partial charge in [0.15, 0.2) is 6.29 Å². The van der Waals surface area contributed by atoms with Crippen LogP contribution in [0.2, 0.25) is 0 Å². The highest BCUT2D eigenvalue weighted by Gasteiger charge is 2.46. The fraction of sp³-hybridized carbons (Fsp3) is 1.00. The van der Waals surface area contributed by atoms with Crippen LogP contribution in [0.3, 0.4) is 0 Å². The molecule has 1 aliphatic heterocycles. The molecule has 0 aliphatic carbocycles. The van der Waals surface area contributed by atoms with E-state index in [1.54, 1.807) is 0 Å². The molecule has 0 aromatic carbocycles. The van der Waals surface area contributed by atoms with Crippen LogP contribution in [0.1, 0.15) is 59.3 Å². The summed E-state index contributed by atoms with van der Waals surface area (Å²) in [6, 6.07) is 0. The number of rotatable bonds is 13. The first-order valence-electron chi connectivity index (χ1n) is 9.48. The molecule has 0 amide bonds. The van der Waals surface area contributed by atoms with E-state index in [2.05, 4.69) is 20.8 Å². The lowest BCUT2D eigenvalue weighted by Gasteiger charge is -2.42. The van der Waals surface area contributed by atoms with E-state index in [0.717, 1.165) is 38.5 Å². The largest absolute Gasteiger partial charge is 0.387 e.